The molecule has 3 aromatic rings. The van der Waals surface area contributed by atoms with Crippen LogP contribution in [0.5, 0.6) is 0 Å². The monoisotopic (exact) mass is 259 g/mol. The minimum atomic E-state index is -0.307. The highest BCUT2D eigenvalue weighted by Crippen LogP contribution is 2.31. The van der Waals surface area contributed by atoms with Crippen molar-refractivity contribution in [3.63, 3.8) is 0 Å². The fraction of sp³-hybridized carbons (Fsp3) is 0.200. The van der Waals surface area contributed by atoms with E-state index < -0.39 is 0 Å². The zero-order valence-electron chi connectivity index (χ0n) is 10.1. The maximum absolute atomic E-state index is 13.4. The van der Waals surface area contributed by atoms with Crippen molar-refractivity contribution in [2.24, 2.45) is 0 Å². The number of hydrogen-bond acceptors (Lipinski definition) is 1. The molecule has 4 rings (SSSR count). The van der Waals surface area contributed by atoms with Crippen molar-refractivity contribution in [2.75, 3.05) is 6.61 Å². The van der Waals surface area contributed by atoms with Crippen LogP contribution in [-0.2, 0) is 11.3 Å². The topological polar surface area (TPSA) is 17.5 Å². The van der Waals surface area contributed by atoms with Crippen molar-refractivity contribution < 1.29 is 13.5 Å². The normalized spacial score (nSPS) is 18.3. The van der Waals surface area contributed by atoms with Gasteiger partial charge in [-0.3, -0.25) is 0 Å². The van der Waals surface area contributed by atoms with E-state index in [-0.39, 0.29) is 17.7 Å². The zero-order valence-corrected chi connectivity index (χ0v) is 10.1. The molecule has 1 aromatic heterocycles. The average molecular weight is 259 g/mol. The number of fused-ring (bicyclic) bond motifs is 3. The molecule has 0 saturated carbocycles. The van der Waals surface area contributed by atoms with Crippen molar-refractivity contribution in [3.05, 3.63) is 48.0 Å². The van der Waals surface area contributed by atoms with Crippen LogP contribution < -0.4 is 0 Å². The number of halogens is 2. The number of benzene rings is 2. The quantitative estimate of drug-likeness (QED) is 0.644. The summed E-state index contributed by atoms with van der Waals surface area (Å²) in [6.45, 7) is 1.47. The van der Waals surface area contributed by atoms with E-state index in [9.17, 15) is 8.78 Å². The summed E-state index contributed by atoms with van der Waals surface area (Å²) in [5.41, 5.74) is 1.83. The van der Waals surface area contributed by atoms with E-state index in [2.05, 4.69) is 4.57 Å². The first-order valence-electron chi connectivity index (χ1n) is 6.21. The van der Waals surface area contributed by atoms with Crippen LogP contribution in [0.15, 0.2) is 36.4 Å². The van der Waals surface area contributed by atoms with E-state index in [1.165, 1.54) is 24.3 Å². The van der Waals surface area contributed by atoms with Crippen molar-refractivity contribution >= 4 is 21.8 Å². The number of aromatic nitrogens is 1. The van der Waals surface area contributed by atoms with Gasteiger partial charge in [0.2, 0.25) is 0 Å². The maximum atomic E-state index is 13.4. The lowest BCUT2D eigenvalue weighted by atomic mass is 10.1. The van der Waals surface area contributed by atoms with Crippen LogP contribution in [-0.4, -0.2) is 17.3 Å². The van der Waals surface area contributed by atoms with E-state index in [4.69, 9.17) is 4.74 Å². The summed E-state index contributed by atoms with van der Waals surface area (Å²) in [4.78, 5) is 0. The Morgan fingerprint density at radius 1 is 1.00 bits per heavy atom. The van der Waals surface area contributed by atoms with Gasteiger partial charge in [0.1, 0.15) is 11.6 Å². The third-order valence-corrected chi connectivity index (χ3v) is 3.58. The minimum absolute atomic E-state index is 0.217. The van der Waals surface area contributed by atoms with Gasteiger partial charge >= 0.3 is 0 Å². The molecule has 0 spiro atoms. The first-order valence-corrected chi connectivity index (χ1v) is 6.21. The molecule has 2 aromatic carbocycles. The fourth-order valence-corrected chi connectivity index (χ4v) is 2.62. The van der Waals surface area contributed by atoms with E-state index in [1.807, 2.05) is 0 Å². The van der Waals surface area contributed by atoms with Crippen molar-refractivity contribution in [1.82, 2.24) is 4.57 Å². The highest BCUT2D eigenvalue weighted by molar-refractivity contribution is 6.08. The predicted molar refractivity (Wildman–Crippen MR) is 69.1 cm³/mol. The molecule has 0 amide bonds. The molecule has 1 aliphatic heterocycles. The van der Waals surface area contributed by atoms with Crippen LogP contribution in [0.1, 0.15) is 0 Å². The molecule has 1 saturated heterocycles. The second kappa shape index (κ2) is 3.78. The van der Waals surface area contributed by atoms with Crippen LogP contribution in [0.4, 0.5) is 8.78 Å². The lowest BCUT2D eigenvalue weighted by molar-refractivity contribution is 0.387. The van der Waals surface area contributed by atoms with E-state index >= 15 is 0 Å². The largest absolute Gasteiger partial charge is 0.371 e. The van der Waals surface area contributed by atoms with Gasteiger partial charge in [-0.2, -0.15) is 0 Å². The molecule has 19 heavy (non-hydrogen) atoms. The van der Waals surface area contributed by atoms with Gasteiger partial charge in [-0.1, -0.05) is 0 Å². The van der Waals surface area contributed by atoms with Gasteiger partial charge < -0.3 is 9.30 Å². The second-order valence-corrected chi connectivity index (χ2v) is 4.89. The van der Waals surface area contributed by atoms with E-state index in [1.54, 1.807) is 12.1 Å². The maximum Gasteiger partial charge on any atom is 0.123 e. The summed E-state index contributed by atoms with van der Waals surface area (Å²) < 4.78 is 34.2. The molecular formula is C15H11F2NO. The molecule has 1 aliphatic rings. The van der Waals surface area contributed by atoms with Crippen LogP contribution in [0.25, 0.3) is 21.8 Å². The van der Waals surface area contributed by atoms with Crippen LogP contribution in [0.3, 0.4) is 0 Å². The Kier molecular flexibility index (Phi) is 2.17. The van der Waals surface area contributed by atoms with Gasteiger partial charge in [0.15, 0.2) is 0 Å². The summed E-state index contributed by atoms with van der Waals surface area (Å²) in [6, 6.07) is 9.27. The summed E-state index contributed by atoms with van der Waals surface area (Å²) in [5, 5.41) is 1.49. The molecule has 1 fully saturated rings. The summed E-state index contributed by atoms with van der Waals surface area (Å²) in [7, 11) is 0. The molecule has 4 heteroatoms. The lowest BCUT2D eigenvalue weighted by Crippen LogP contribution is -2.03. The molecule has 0 bridgehead atoms. The standard InChI is InChI=1S/C15H11F2NO/c16-9-1-3-14-12(5-9)13-6-10(17)2-4-15(13)18(14)7-11-8-19-11/h1-6,11H,7-8H2/t11-/m0/s1. The van der Waals surface area contributed by atoms with Gasteiger partial charge in [0, 0.05) is 21.8 Å². The van der Waals surface area contributed by atoms with Crippen LogP contribution >= 0.6 is 0 Å². The number of nitrogens with zero attached hydrogens (tertiary/aromatic N) is 1. The molecule has 0 radical (unpaired) electrons. The number of epoxide rings is 1. The van der Waals surface area contributed by atoms with Gasteiger partial charge in [-0.25, -0.2) is 8.78 Å². The van der Waals surface area contributed by atoms with Crippen molar-refractivity contribution in [1.29, 1.82) is 0 Å². The Morgan fingerprint density at radius 2 is 1.53 bits per heavy atom. The Bertz CT molecular complexity index is 730. The van der Waals surface area contributed by atoms with E-state index in [0.717, 1.165) is 35.0 Å². The van der Waals surface area contributed by atoms with Crippen molar-refractivity contribution in [2.45, 2.75) is 12.6 Å². The Balaban J connectivity index is 2.09. The highest BCUT2D eigenvalue weighted by Gasteiger charge is 2.25. The summed E-state index contributed by atoms with van der Waals surface area (Å²) in [5.74, 6) is -0.614. The molecule has 1 atom stereocenters. The summed E-state index contributed by atoms with van der Waals surface area (Å²) >= 11 is 0. The van der Waals surface area contributed by atoms with Gasteiger partial charge in [0.05, 0.1) is 19.3 Å². The van der Waals surface area contributed by atoms with Crippen molar-refractivity contribution in [3.8, 4) is 0 Å². The Hall–Kier alpha value is -1.94. The molecule has 2 heterocycles. The third-order valence-electron chi connectivity index (χ3n) is 3.58. The third kappa shape index (κ3) is 1.71. The molecule has 0 N–H and O–H groups in total. The number of rotatable bonds is 2. The predicted octanol–water partition coefficient (Wildman–Crippen LogP) is 3.47. The SMILES string of the molecule is Fc1ccc2c(c1)c1cc(F)ccc1n2C[C@H]1CO1. The molecule has 96 valence electrons. The first kappa shape index (κ1) is 10.9. The Labute approximate surface area is 108 Å². The fourth-order valence-electron chi connectivity index (χ4n) is 2.62. The van der Waals surface area contributed by atoms with Crippen LogP contribution in [0.2, 0.25) is 0 Å². The van der Waals surface area contributed by atoms with E-state index in [0.29, 0.717) is 0 Å². The smallest absolute Gasteiger partial charge is 0.123 e. The number of ether oxygens (including phenoxy) is 1. The second-order valence-electron chi connectivity index (χ2n) is 4.89. The molecule has 0 aliphatic carbocycles. The zero-order chi connectivity index (χ0) is 13.0. The molecular weight excluding hydrogens is 248 g/mol. The molecule has 2 nitrogen and oxygen atoms in total. The number of hydrogen-bond donors (Lipinski definition) is 0. The Morgan fingerprint density at radius 3 is 2.00 bits per heavy atom. The minimum Gasteiger partial charge on any atom is -0.371 e. The molecule has 0 unspecified atom stereocenters. The van der Waals surface area contributed by atoms with Gasteiger partial charge in [-0.05, 0) is 36.4 Å². The van der Waals surface area contributed by atoms with Crippen LogP contribution in [0, 0.1) is 11.6 Å². The summed E-state index contributed by atoms with van der Waals surface area (Å²) in [6.07, 6.45) is 0.217. The lowest BCUT2D eigenvalue weighted by Gasteiger charge is -2.04. The van der Waals surface area contributed by atoms with Gasteiger partial charge in [-0.15, -0.1) is 0 Å². The van der Waals surface area contributed by atoms with Gasteiger partial charge in [0.25, 0.3) is 0 Å². The first-order chi connectivity index (χ1) is 9.22. The highest BCUT2D eigenvalue weighted by atomic mass is 19.1. The average Bonchev–Trinajstić information content (AvgIpc) is 3.16.